The molecule has 43 heavy (non-hydrogen) atoms. The highest BCUT2D eigenvalue weighted by Crippen LogP contribution is 2.23. The van der Waals surface area contributed by atoms with Gasteiger partial charge in [-0.15, -0.1) is 5.92 Å². The number of hydrogen-bond acceptors (Lipinski definition) is 8. The number of halogens is 1. The van der Waals surface area contributed by atoms with Crippen molar-refractivity contribution in [2.75, 3.05) is 30.4 Å². The molecule has 1 aromatic carbocycles. The molecule has 1 amide bonds. The fraction of sp³-hybridized carbons (Fsp3) is 0.517. The molecule has 232 valence electrons. The number of imidazole rings is 1. The van der Waals surface area contributed by atoms with Crippen molar-refractivity contribution >= 4 is 32.9 Å². The number of piperidine rings is 1. The van der Waals surface area contributed by atoms with Gasteiger partial charge in [-0.25, -0.2) is 32.0 Å². The highest BCUT2D eigenvalue weighted by molar-refractivity contribution is 7.91. The van der Waals surface area contributed by atoms with E-state index in [4.69, 9.17) is 4.74 Å². The molecular weight excluding hydrogens is 579 g/mol. The highest BCUT2D eigenvalue weighted by Gasteiger charge is 2.29. The Morgan fingerprint density at radius 2 is 1.84 bits per heavy atom. The van der Waals surface area contributed by atoms with Gasteiger partial charge in [0.15, 0.2) is 15.4 Å². The van der Waals surface area contributed by atoms with Crippen LogP contribution in [0.1, 0.15) is 40.5 Å². The Morgan fingerprint density at radius 3 is 2.49 bits per heavy atom. The van der Waals surface area contributed by atoms with Crippen molar-refractivity contribution in [2.24, 2.45) is 0 Å². The molecule has 0 radical (unpaired) electrons. The summed E-state index contributed by atoms with van der Waals surface area (Å²) in [6, 6.07) is 7.48. The standard InChI is InChI=1S/C29H37FN6O6S/c1-5-6-16-34-24-23(32-27(34)33-15-10-11-21(20-33)31-28(39)42-29(2,3)4)25(37)35(17-14-30)36(26(24)38)18-19-43(40,41)22-12-8-7-9-13-22/h7-9,12-13,21H,10-11,14-20H2,1-4H3,(H,31,39)/t21-/m1/s1. The summed E-state index contributed by atoms with van der Waals surface area (Å²) in [6.07, 6.45) is 0.834. The van der Waals surface area contributed by atoms with E-state index in [-0.39, 0.29) is 35.1 Å². The molecule has 14 heteroatoms. The Kier molecular flexibility index (Phi) is 9.64. The molecule has 0 unspecified atom stereocenters. The molecule has 2 aromatic heterocycles. The zero-order valence-corrected chi connectivity index (χ0v) is 25.6. The van der Waals surface area contributed by atoms with E-state index in [0.29, 0.717) is 31.9 Å². The average molecular weight is 617 g/mol. The number of ether oxygens (including phenoxy) is 1. The number of alkyl carbamates (subject to hydrolysis) is 1. The molecular formula is C29H37FN6O6S. The number of sulfone groups is 1. The van der Waals surface area contributed by atoms with Crippen LogP contribution in [0.15, 0.2) is 44.8 Å². The normalized spacial score (nSPS) is 15.7. The molecule has 3 aromatic rings. The van der Waals surface area contributed by atoms with Crippen molar-refractivity contribution in [1.29, 1.82) is 0 Å². The molecule has 1 aliphatic rings. The number of carbonyl (C=O) groups is 1. The molecule has 1 saturated heterocycles. The molecule has 4 rings (SSSR count). The van der Waals surface area contributed by atoms with Crippen molar-refractivity contribution in [2.45, 2.75) is 76.7 Å². The summed E-state index contributed by atoms with van der Waals surface area (Å²) < 4.78 is 48.4. The van der Waals surface area contributed by atoms with E-state index in [1.807, 2.05) is 4.90 Å². The molecule has 3 heterocycles. The van der Waals surface area contributed by atoms with Crippen LogP contribution in [0.2, 0.25) is 0 Å². The average Bonchev–Trinajstić information content (AvgIpc) is 3.34. The number of carbonyl (C=O) groups excluding carboxylic acids is 1. The second-order valence-corrected chi connectivity index (χ2v) is 13.3. The van der Waals surface area contributed by atoms with Gasteiger partial charge in [0.1, 0.15) is 17.8 Å². The Labute approximate surface area is 249 Å². The predicted molar refractivity (Wildman–Crippen MR) is 161 cm³/mol. The summed E-state index contributed by atoms with van der Waals surface area (Å²) in [7, 11) is -3.80. The molecule has 0 aliphatic carbocycles. The van der Waals surface area contributed by atoms with Crippen LogP contribution < -0.4 is 21.3 Å². The van der Waals surface area contributed by atoms with Crippen molar-refractivity contribution in [1.82, 2.24) is 24.2 Å². The van der Waals surface area contributed by atoms with Gasteiger partial charge in [0, 0.05) is 19.1 Å². The van der Waals surface area contributed by atoms with Gasteiger partial charge >= 0.3 is 6.09 Å². The smallest absolute Gasteiger partial charge is 0.407 e. The van der Waals surface area contributed by atoms with E-state index in [1.165, 1.54) is 16.7 Å². The lowest BCUT2D eigenvalue weighted by Gasteiger charge is -2.34. The molecule has 0 bridgehead atoms. The van der Waals surface area contributed by atoms with E-state index < -0.39 is 51.6 Å². The Balaban J connectivity index is 1.76. The maximum atomic E-state index is 13.9. The fourth-order valence-corrected chi connectivity index (χ4v) is 6.27. The SMILES string of the molecule is CC#CCn1c(N2CCC[C@@H](NC(=O)OC(C)(C)C)C2)nc2c(=O)n(CCF)n(CCS(=O)(=O)c3ccccc3)c(=O)c21. The fourth-order valence-electron chi connectivity index (χ4n) is 5.05. The van der Waals surface area contributed by atoms with E-state index in [1.54, 1.807) is 45.9 Å². The molecule has 0 spiro atoms. The van der Waals surface area contributed by atoms with Crippen LogP contribution in [0.5, 0.6) is 0 Å². The molecule has 0 saturated carbocycles. The summed E-state index contributed by atoms with van der Waals surface area (Å²) >= 11 is 0. The Bertz CT molecular complexity index is 1760. The minimum absolute atomic E-state index is 0.0348. The largest absolute Gasteiger partial charge is 0.444 e. The number of aromatic nitrogens is 4. The van der Waals surface area contributed by atoms with Crippen LogP contribution >= 0.6 is 0 Å². The minimum atomic E-state index is -3.80. The third kappa shape index (κ3) is 7.27. The number of hydrogen-bond donors (Lipinski definition) is 1. The number of nitrogens with one attached hydrogen (secondary N) is 1. The van der Waals surface area contributed by atoms with Crippen molar-refractivity contribution in [3.8, 4) is 11.8 Å². The summed E-state index contributed by atoms with van der Waals surface area (Å²) in [5, 5.41) is 2.88. The van der Waals surface area contributed by atoms with Gasteiger partial charge in [0.05, 0.1) is 30.3 Å². The van der Waals surface area contributed by atoms with Gasteiger partial charge in [-0.1, -0.05) is 24.1 Å². The van der Waals surface area contributed by atoms with Gasteiger partial charge in [-0.05, 0) is 52.7 Å². The van der Waals surface area contributed by atoms with E-state index >= 15 is 0 Å². The van der Waals surface area contributed by atoms with Crippen LogP contribution in [0.3, 0.4) is 0 Å². The molecule has 1 aliphatic heterocycles. The highest BCUT2D eigenvalue weighted by atomic mass is 32.2. The summed E-state index contributed by atoms with van der Waals surface area (Å²) in [4.78, 5) is 46.5. The van der Waals surface area contributed by atoms with Crippen molar-refractivity contribution in [3.63, 3.8) is 0 Å². The van der Waals surface area contributed by atoms with E-state index in [9.17, 15) is 27.2 Å². The first kappa shape index (κ1) is 31.8. The first-order valence-corrected chi connectivity index (χ1v) is 15.7. The number of nitrogens with zero attached hydrogens (tertiary/aromatic N) is 5. The van der Waals surface area contributed by atoms with Crippen LogP contribution in [-0.2, 0) is 34.2 Å². The van der Waals surface area contributed by atoms with Crippen molar-refractivity contribution in [3.05, 3.63) is 51.0 Å². The maximum Gasteiger partial charge on any atom is 0.407 e. The van der Waals surface area contributed by atoms with Gasteiger partial charge in [0.25, 0.3) is 11.1 Å². The number of benzene rings is 1. The second kappa shape index (κ2) is 13.0. The second-order valence-electron chi connectivity index (χ2n) is 11.2. The third-order valence-corrected chi connectivity index (χ3v) is 8.63. The first-order valence-electron chi connectivity index (χ1n) is 14.1. The van der Waals surface area contributed by atoms with Crippen LogP contribution in [-0.4, -0.2) is 70.6 Å². The van der Waals surface area contributed by atoms with Gasteiger partial charge < -0.3 is 15.0 Å². The summed E-state index contributed by atoms with van der Waals surface area (Å²) in [6.45, 7) is 6.11. The van der Waals surface area contributed by atoms with Gasteiger partial charge in [-0.2, -0.15) is 0 Å². The number of rotatable bonds is 9. The van der Waals surface area contributed by atoms with Gasteiger partial charge in [-0.3, -0.25) is 14.2 Å². The summed E-state index contributed by atoms with van der Waals surface area (Å²) in [5.41, 5.74) is -2.25. The molecule has 12 nitrogen and oxygen atoms in total. The Morgan fingerprint density at radius 1 is 1.14 bits per heavy atom. The van der Waals surface area contributed by atoms with E-state index in [2.05, 4.69) is 22.1 Å². The predicted octanol–water partition coefficient (Wildman–Crippen LogP) is 2.32. The number of amides is 1. The third-order valence-electron chi connectivity index (χ3n) is 6.92. The number of alkyl halides is 1. The van der Waals surface area contributed by atoms with E-state index in [0.717, 1.165) is 9.36 Å². The number of fused-ring (bicyclic) bond motifs is 1. The maximum absolute atomic E-state index is 13.9. The molecule has 1 atom stereocenters. The lowest BCUT2D eigenvalue weighted by Crippen LogP contribution is -2.49. The lowest BCUT2D eigenvalue weighted by molar-refractivity contribution is 0.0499. The quantitative estimate of drug-likeness (QED) is 0.362. The molecule has 1 N–H and O–H groups in total. The van der Waals surface area contributed by atoms with Crippen LogP contribution in [0, 0.1) is 11.8 Å². The zero-order chi connectivity index (χ0) is 31.4. The topological polar surface area (TPSA) is 138 Å². The van der Waals surface area contributed by atoms with Crippen molar-refractivity contribution < 1.29 is 22.3 Å². The molecule has 1 fully saturated rings. The summed E-state index contributed by atoms with van der Waals surface area (Å²) in [5.74, 6) is 5.54. The van der Waals surface area contributed by atoms with Crippen LogP contribution in [0.4, 0.5) is 15.1 Å². The van der Waals surface area contributed by atoms with Crippen LogP contribution in [0.25, 0.3) is 11.0 Å². The minimum Gasteiger partial charge on any atom is -0.444 e. The van der Waals surface area contributed by atoms with Gasteiger partial charge in [0.2, 0.25) is 5.95 Å². The Hall–Kier alpha value is -4.12. The monoisotopic (exact) mass is 616 g/mol. The zero-order valence-electron chi connectivity index (χ0n) is 24.8. The first-order chi connectivity index (χ1) is 20.4. The number of anilines is 1. The lowest BCUT2D eigenvalue weighted by atomic mass is 10.1.